The van der Waals surface area contributed by atoms with Crippen molar-refractivity contribution >= 4 is 11.4 Å². The summed E-state index contributed by atoms with van der Waals surface area (Å²) in [4.78, 5) is 0. The number of ether oxygens (including phenoxy) is 1. The highest BCUT2D eigenvalue weighted by Gasteiger charge is 2.29. The molecular formula is C12H18N2O. The highest BCUT2D eigenvalue weighted by molar-refractivity contribution is 5.57. The van der Waals surface area contributed by atoms with E-state index in [9.17, 15) is 0 Å². The number of anilines is 2. The van der Waals surface area contributed by atoms with Gasteiger partial charge in [0, 0.05) is 18.0 Å². The van der Waals surface area contributed by atoms with Crippen LogP contribution in [0.15, 0.2) is 18.2 Å². The van der Waals surface area contributed by atoms with Crippen LogP contribution in [0.5, 0.6) is 0 Å². The van der Waals surface area contributed by atoms with Gasteiger partial charge in [0.2, 0.25) is 0 Å². The normalized spacial score (nSPS) is 25.5. The SMILES string of the molecule is Cc1cc(NC2(C)CCOC2)ccc1N. The Morgan fingerprint density at radius 1 is 1.47 bits per heavy atom. The molecule has 0 aromatic heterocycles. The minimum Gasteiger partial charge on any atom is -0.399 e. The molecular weight excluding hydrogens is 188 g/mol. The summed E-state index contributed by atoms with van der Waals surface area (Å²) in [5, 5.41) is 3.50. The van der Waals surface area contributed by atoms with E-state index in [-0.39, 0.29) is 5.54 Å². The predicted octanol–water partition coefficient (Wildman–Crippen LogP) is 2.17. The minimum absolute atomic E-state index is 0.0720. The topological polar surface area (TPSA) is 47.3 Å². The zero-order valence-corrected chi connectivity index (χ0v) is 9.34. The molecule has 0 amide bonds. The van der Waals surface area contributed by atoms with E-state index in [0.717, 1.165) is 36.6 Å². The average molecular weight is 206 g/mol. The van der Waals surface area contributed by atoms with Crippen LogP contribution in [0.2, 0.25) is 0 Å². The Bertz CT molecular complexity index is 357. The number of nitrogens with one attached hydrogen (secondary N) is 1. The molecule has 1 aliphatic heterocycles. The van der Waals surface area contributed by atoms with Crippen molar-refractivity contribution < 1.29 is 4.74 Å². The maximum atomic E-state index is 5.78. The van der Waals surface area contributed by atoms with Gasteiger partial charge in [0.1, 0.15) is 0 Å². The van der Waals surface area contributed by atoms with Crippen LogP contribution in [-0.2, 0) is 4.74 Å². The van der Waals surface area contributed by atoms with Crippen LogP contribution in [0.3, 0.4) is 0 Å². The summed E-state index contributed by atoms with van der Waals surface area (Å²) in [5.41, 5.74) is 8.92. The van der Waals surface area contributed by atoms with Crippen LogP contribution in [0.25, 0.3) is 0 Å². The molecule has 1 heterocycles. The number of hydrogen-bond acceptors (Lipinski definition) is 3. The lowest BCUT2D eigenvalue weighted by Crippen LogP contribution is -2.34. The predicted molar refractivity (Wildman–Crippen MR) is 63.1 cm³/mol. The Kier molecular flexibility index (Phi) is 2.57. The van der Waals surface area contributed by atoms with Crippen molar-refractivity contribution in [2.24, 2.45) is 0 Å². The number of aryl methyl sites for hydroxylation is 1. The molecule has 0 spiro atoms. The highest BCUT2D eigenvalue weighted by Crippen LogP contribution is 2.25. The molecule has 3 nitrogen and oxygen atoms in total. The van der Waals surface area contributed by atoms with Gasteiger partial charge in [-0.2, -0.15) is 0 Å². The third-order valence-corrected chi connectivity index (χ3v) is 2.93. The Hall–Kier alpha value is -1.22. The fourth-order valence-corrected chi connectivity index (χ4v) is 1.87. The summed E-state index contributed by atoms with van der Waals surface area (Å²) in [5.74, 6) is 0. The zero-order chi connectivity index (χ0) is 10.9. The quantitative estimate of drug-likeness (QED) is 0.729. The summed E-state index contributed by atoms with van der Waals surface area (Å²) in [6, 6.07) is 6.04. The summed E-state index contributed by atoms with van der Waals surface area (Å²) >= 11 is 0. The summed E-state index contributed by atoms with van der Waals surface area (Å²) < 4.78 is 5.40. The van der Waals surface area contributed by atoms with Gasteiger partial charge in [-0.05, 0) is 44.0 Å². The highest BCUT2D eigenvalue weighted by atomic mass is 16.5. The van der Waals surface area contributed by atoms with Gasteiger partial charge >= 0.3 is 0 Å². The molecule has 2 rings (SSSR count). The summed E-state index contributed by atoms with van der Waals surface area (Å²) in [6.07, 6.45) is 1.05. The van der Waals surface area contributed by atoms with Crippen LogP contribution in [0.1, 0.15) is 18.9 Å². The second-order valence-corrected chi connectivity index (χ2v) is 4.56. The lowest BCUT2D eigenvalue weighted by atomic mass is 10.0. The van der Waals surface area contributed by atoms with Crippen molar-refractivity contribution in [2.75, 3.05) is 24.3 Å². The molecule has 3 N–H and O–H groups in total. The molecule has 1 aromatic carbocycles. The van der Waals surface area contributed by atoms with E-state index in [1.807, 2.05) is 19.1 Å². The number of hydrogen-bond donors (Lipinski definition) is 2. The molecule has 0 bridgehead atoms. The van der Waals surface area contributed by atoms with Crippen molar-refractivity contribution in [3.05, 3.63) is 23.8 Å². The van der Waals surface area contributed by atoms with Crippen molar-refractivity contribution in [3.63, 3.8) is 0 Å². The second-order valence-electron chi connectivity index (χ2n) is 4.56. The Morgan fingerprint density at radius 3 is 2.87 bits per heavy atom. The first-order chi connectivity index (χ1) is 7.09. The standard InChI is InChI=1S/C12H18N2O/c1-9-7-10(3-4-11(9)13)14-12(2)5-6-15-8-12/h3-4,7,14H,5-6,8,13H2,1-2H3. The summed E-state index contributed by atoms with van der Waals surface area (Å²) in [7, 11) is 0. The number of nitrogens with two attached hydrogens (primary N) is 1. The number of benzene rings is 1. The van der Waals surface area contributed by atoms with E-state index >= 15 is 0 Å². The minimum atomic E-state index is 0.0720. The Morgan fingerprint density at radius 2 is 2.27 bits per heavy atom. The average Bonchev–Trinajstić information content (AvgIpc) is 2.59. The molecule has 0 saturated carbocycles. The molecule has 15 heavy (non-hydrogen) atoms. The molecule has 0 radical (unpaired) electrons. The fourth-order valence-electron chi connectivity index (χ4n) is 1.87. The molecule has 3 heteroatoms. The van der Waals surface area contributed by atoms with Crippen LogP contribution >= 0.6 is 0 Å². The fraction of sp³-hybridized carbons (Fsp3) is 0.500. The Balaban J connectivity index is 2.13. The number of nitrogen functional groups attached to an aromatic ring is 1. The van der Waals surface area contributed by atoms with Crippen molar-refractivity contribution in [3.8, 4) is 0 Å². The van der Waals surface area contributed by atoms with Gasteiger partial charge in [0.25, 0.3) is 0 Å². The van der Waals surface area contributed by atoms with Gasteiger partial charge in [-0.3, -0.25) is 0 Å². The maximum Gasteiger partial charge on any atom is 0.0694 e. The third kappa shape index (κ3) is 2.23. The van der Waals surface area contributed by atoms with Gasteiger partial charge in [-0.15, -0.1) is 0 Å². The zero-order valence-electron chi connectivity index (χ0n) is 9.34. The molecule has 82 valence electrons. The third-order valence-electron chi connectivity index (χ3n) is 2.93. The van der Waals surface area contributed by atoms with E-state index in [2.05, 4.69) is 18.3 Å². The molecule has 0 aliphatic carbocycles. The van der Waals surface area contributed by atoms with Gasteiger partial charge in [0.15, 0.2) is 0 Å². The van der Waals surface area contributed by atoms with Gasteiger partial charge in [-0.25, -0.2) is 0 Å². The molecule has 1 unspecified atom stereocenters. The van der Waals surface area contributed by atoms with E-state index in [1.165, 1.54) is 0 Å². The first-order valence-electron chi connectivity index (χ1n) is 5.31. The van der Waals surface area contributed by atoms with E-state index < -0.39 is 0 Å². The van der Waals surface area contributed by atoms with Crippen LogP contribution in [0, 0.1) is 6.92 Å². The maximum absolute atomic E-state index is 5.78. The van der Waals surface area contributed by atoms with Crippen molar-refractivity contribution in [1.29, 1.82) is 0 Å². The molecule has 1 fully saturated rings. The van der Waals surface area contributed by atoms with Crippen LogP contribution in [0.4, 0.5) is 11.4 Å². The molecule has 1 atom stereocenters. The lowest BCUT2D eigenvalue weighted by molar-refractivity contribution is 0.185. The van der Waals surface area contributed by atoms with Crippen molar-refractivity contribution in [2.45, 2.75) is 25.8 Å². The van der Waals surface area contributed by atoms with E-state index in [0.29, 0.717) is 0 Å². The van der Waals surface area contributed by atoms with E-state index in [1.54, 1.807) is 0 Å². The lowest BCUT2D eigenvalue weighted by Gasteiger charge is -2.25. The largest absolute Gasteiger partial charge is 0.399 e. The first kappa shape index (κ1) is 10.3. The molecule has 1 aromatic rings. The summed E-state index contributed by atoms with van der Waals surface area (Å²) in [6.45, 7) is 5.83. The van der Waals surface area contributed by atoms with Gasteiger partial charge in [0.05, 0.1) is 12.1 Å². The Labute approximate surface area is 90.6 Å². The van der Waals surface area contributed by atoms with E-state index in [4.69, 9.17) is 10.5 Å². The molecule has 1 aliphatic rings. The smallest absolute Gasteiger partial charge is 0.0694 e. The van der Waals surface area contributed by atoms with Gasteiger partial charge in [-0.1, -0.05) is 0 Å². The first-order valence-corrected chi connectivity index (χ1v) is 5.31. The van der Waals surface area contributed by atoms with Crippen molar-refractivity contribution in [1.82, 2.24) is 0 Å². The monoisotopic (exact) mass is 206 g/mol. The second kappa shape index (κ2) is 3.74. The van der Waals surface area contributed by atoms with Crippen LogP contribution < -0.4 is 11.1 Å². The number of rotatable bonds is 2. The van der Waals surface area contributed by atoms with Crippen LogP contribution in [-0.4, -0.2) is 18.8 Å². The molecule has 1 saturated heterocycles. The van der Waals surface area contributed by atoms with Gasteiger partial charge < -0.3 is 15.8 Å².